The van der Waals surface area contributed by atoms with Crippen molar-refractivity contribution >= 4 is 17.0 Å². The summed E-state index contributed by atoms with van der Waals surface area (Å²) in [6.45, 7) is 14.6. The van der Waals surface area contributed by atoms with Gasteiger partial charge in [-0.1, -0.05) is 44.2 Å². The molecule has 1 atom stereocenters. The smallest absolute Gasteiger partial charge is 0.410 e. The van der Waals surface area contributed by atoms with E-state index in [1.54, 1.807) is 16.8 Å². The van der Waals surface area contributed by atoms with E-state index in [1.807, 2.05) is 69.1 Å². The first-order valence-corrected chi connectivity index (χ1v) is 17.0. The third-order valence-electron chi connectivity index (χ3n) is 9.94. The van der Waals surface area contributed by atoms with Gasteiger partial charge in [0.1, 0.15) is 23.7 Å². The third kappa shape index (κ3) is 7.43. The van der Waals surface area contributed by atoms with Crippen LogP contribution in [0.1, 0.15) is 70.9 Å². The molecular weight excluding hydrogens is 609 g/mol. The molecular formula is C38H48FN5O4. The number of pyridine rings is 1. The molecule has 0 unspecified atom stereocenters. The number of fused-ring (bicyclic) bond motifs is 1. The Morgan fingerprint density at radius 1 is 1.04 bits per heavy atom. The van der Waals surface area contributed by atoms with Gasteiger partial charge in [0, 0.05) is 38.1 Å². The lowest BCUT2D eigenvalue weighted by molar-refractivity contribution is -0.0113. The van der Waals surface area contributed by atoms with Crippen molar-refractivity contribution in [2.75, 3.05) is 32.7 Å². The van der Waals surface area contributed by atoms with E-state index in [4.69, 9.17) is 14.6 Å². The normalized spacial score (nSPS) is 19.1. The van der Waals surface area contributed by atoms with Crippen molar-refractivity contribution in [3.8, 4) is 17.1 Å². The molecule has 1 N–H and O–H groups in total. The molecule has 256 valence electrons. The second kappa shape index (κ2) is 13.4. The summed E-state index contributed by atoms with van der Waals surface area (Å²) in [6, 6.07) is 16.4. The molecule has 48 heavy (non-hydrogen) atoms. The van der Waals surface area contributed by atoms with Gasteiger partial charge < -0.3 is 19.3 Å². The van der Waals surface area contributed by atoms with Crippen LogP contribution in [-0.2, 0) is 18.4 Å². The fraction of sp³-hybridized carbons (Fsp3) is 0.500. The molecule has 1 amide bonds. The molecule has 0 spiro atoms. The number of carbonyl (C=O) groups is 1. The van der Waals surface area contributed by atoms with Crippen molar-refractivity contribution in [1.29, 1.82) is 0 Å². The topological polar surface area (TPSA) is 92.7 Å². The summed E-state index contributed by atoms with van der Waals surface area (Å²) in [5.41, 5.74) is 2.88. The largest absolute Gasteiger partial charge is 0.474 e. The third-order valence-corrected chi connectivity index (χ3v) is 9.94. The number of ether oxygens (including phenoxy) is 2. The summed E-state index contributed by atoms with van der Waals surface area (Å²) < 4.78 is 29.4. The number of rotatable bonds is 7. The highest BCUT2D eigenvalue weighted by atomic mass is 19.1. The Labute approximate surface area is 282 Å². The van der Waals surface area contributed by atoms with Crippen LogP contribution in [0, 0.1) is 17.2 Å². The van der Waals surface area contributed by atoms with E-state index >= 15 is 4.39 Å². The van der Waals surface area contributed by atoms with Crippen LogP contribution in [-0.4, -0.2) is 69.0 Å². The van der Waals surface area contributed by atoms with Crippen LogP contribution in [0.5, 0.6) is 5.88 Å². The maximum atomic E-state index is 15.9. The number of piperidine rings is 2. The fourth-order valence-corrected chi connectivity index (χ4v) is 7.25. The van der Waals surface area contributed by atoms with Gasteiger partial charge in [0.2, 0.25) is 5.88 Å². The number of hydrogen-bond donors (Lipinski definition) is 1. The molecule has 9 nitrogen and oxygen atoms in total. The Bertz CT molecular complexity index is 1820. The zero-order valence-corrected chi connectivity index (χ0v) is 29.0. The Kier molecular flexibility index (Phi) is 9.40. The molecule has 2 saturated heterocycles. The molecule has 6 rings (SSSR count). The number of H-pyrrole nitrogens is 1. The SMILES string of the molecule is Cn1nc(-c2ccc(=O)[nH]c2OCc2ccccc2)c2cc(F)c(C3CCN(C[C@@H]4CCN(C(=O)OC(C)(C)C)CC4(C)C)CC3)cc21. The minimum atomic E-state index is -0.504. The van der Waals surface area contributed by atoms with E-state index in [0.29, 0.717) is 41.5 Å². The number of amides is 1. The Morgan fingerprint density at radius 2 is 1.77 bits per heavy atom. The quantitative estimate of drug-likeness (QED) is 0.228. The van der Waals surface area contributed by atoms with E-state index in [0.717, 1.165) is 55.5 Å². The highest BCUT2D eigenvalue weighted by Crippen LogP contribution is 2.40. The lowest BCUT2D eigenvalue weighted by Crippen LogP contribution is -2.52. The van der Waals surface area contributed by atoms with Crippen molar-refractivity contribution in [1.82, 2.24) is 24.6 Å². The average Bonchev–Trinajstić information content (AvgIpc) is 3.35. The van der Waals surface area contributed by atoms with Crippen molar-refractivity contribution in [2.45, 2.75) is 72.0 Å². The van der Waals surface area contributed by atoms with E-state index in [1.165, 1.54) is 6.07 Å². The van der Waals surface area contributed by atoms with E-state index in [-0.39, 0.29) is 35.4 Å². The summed E-state index contributed by atoms with van der Waals surface area (Å²) in [7, 11) is 1.86. The van der Waals surface area contributed by atoms with Crippen LogP contribution in [0.15, 0.2) is 59.4 Å². The highest BCUT2D eigenvalue weighted by Gasteiger charge is 2.40. The maximum Gasteiger partial charge on any atom is 0.410 e. The summed E-state index contributed by atoms with van der Waals surface area (Å²) >= 11 is 0. The summed E-state index contributed by atoms with van der Waals surface area (Å²) in [4.78, 5) is 32.1. The Balaban J connectivity index is 1.13. The average molecular weight is 658 g/mol. The molecule has 4 heterocycles. The van der Waals surface area contributed by atoms with E-state index in [9.17, 15) is 9.59 Å². The van der Waals surface area contributed by atoms with E-state index in [2.05, 4.69) is 23.7 Å². The standard InChI is InChI=1S/C38H48FN5O4/c1-37(2,3)48-36(46)44-19-16-27(38(4,5)24-44)22-43-17-14-26(15-18-43)29-21-32-30(20-31(29)39)34(41-42(32)6)28-12-13-33(45)40-35(28)47-23-25-10-8-7-9-11-25/h7-13,20-21,26-27H,14-19,22-24H2,1-6H3,(H,40,45)/t27-/m0/s1. The highest BCUT2D eigenvalue weighted by molar-refractivity contribution is 5.95. The number of aryl methyl sites for hydroxylation is 1. The molecule has 2 aromatic carbocycles. The lowest BCUT2D eigenvalue weighted by Gasteiger charge is -2.46. The zero-order chi connectivity index (χ0) is 34.2. The predicted molar refractivity (Wildman–Crippen MR) is 186 cm³/mol. The number of benzene rings is 2. The fourth-order valence-electron chi connectivity index (χ4n) is 7.25. The van der Waals surface area contributed by atoms with Gasteiger partial charge in [-0.3, -0.25) is 14.5 Å². The van der Waals surface area contributed by atoms with Gasteiger partial charge in [-0.05, 0) is 99.7 Å². The number of aromatic nitrogens is 3. The number of carbonyl (C=O) groups excluding carboxylic acids is 1. The first kappa shape index (κ1) is 33.7. The minimum Gasteiger partial charge on any atom is -0.474 e. The molecule has 2 aliphatic rings. The molecule has 2 fully saturated rings. The molecule has 0 radical (unpaired) electrons. The Morgan fingerprint density at radius 3 is 2.46 bits per heavy atom. The number of halogens is 1. The van der Waals surface area contributed by atoms with Gasteiger partial charge in [-0.25, -0.2) is 9.18 Å². The molecule has 0 bridgehead atoms. The van der Waals surface area contributed by atoms with Gasteiger partial charge in [0.15, 0.2) is 0 Å². The van der Waals surface area contributed by atoms with Crippen LogP contribution in [0.3, 0.4) is 0 Å². The van der Waals surface area contributed by atoms with Crippen molar-refractivity contribution in [3.05, 3.63) is 81.9 Å². The van der Waals surface area contributed by atoms with Gasteiger partial charge in [-0.2, -0.15) is 5.10 Å². The van der Waals surface area contributed by atoms with Crippen LogP contribution in [0.25, 0.3) is 22.2 Å². The molecule has 2 aromatic heterocycles. The van der Waals surface area contributed by atoms with Crippen LogP contribution < -0.4 is 10.3 Å². The van der Waals surface area contributed by atoms with Gasteiger partial charge >= 0.3 is 6.09 Å². The van der Waals surface area contributed by atoms with Crippen LogP contribution in [0.2, 0.25) is 0 Å². The van der Waals surface area contributed by atoms with Crippen LogP contribution >= 0.6 is 0 Å². The maximum absolute atomic E-state index is 15.9. The summed E-state index contributed by atoms with van der Waals surface area (Å²) in [5, 5.41) is 5.44. The second-order valence-corrected chi connectivity index (χ2v) is 15.2. The number of likely N-dealkylation sites (tertiary alicyclic amines) is 2. The minimum absolute atomic E-state index is 0.0292. The lowest BCUT2D eigenvalue weighted by atomic mass is 9.73. The van der Waals surface area contributed by atoms with Gasteiger partial charge in [0.25, 0.3) is 5.56 Å². The molecule has 4 aromatic rings. The predicted octanol–water partition coefficient (Wildman–Crippen LogP) is 7.11. The Hall–Kier alpha value is -4.18. The number of hydrogen-bond acceptors (Lipinski definition) is 6. The summed E-state index contributed by atoms with van der Waals surface area (Å²) in [5.74, 6) is 0.649. The zero-order valence-electron chi connectivity index (χ0n) is 29.0. The number of aromatic amines is 1. The summed E-state index contributed by atoms with van der Waals surface area (Å²) in [6.07, 6.45) is 2.46. The van der Waals surface area contributed by atoms with E-state index < -0.39 is 5.60 Å². The molecule has 0 aliphatic carbocycles. The van der Waals surface area contributed by atoms with Gasteiger partial charge in [-0.15, -0.1) is 0 Å². The molecule has 0 saturated carbocycles. The van der Waals surface area contributed by atoms with Crippen molar-refractivity contribution in [2.24, 2.45) is 18.4 Å². The number of nitrogens with zero attached hydrogens (tertiary/aromatic N) is 4. The second-order valence-electron chi connectivity index (χ2n) is 15.2. The van der Waals surface area contributed by atoms with Crippen LogP contribution in [0.4, 0.5) is 9.18 Å². The van der Waals surface area contributed by atoms with Gasteiger partial charge in [0.05, 0.1) is 11.1 Å². The van der Waals surface area contributed by atoms with Crippen molar-refractivity contribution < 1.29 is 18.7 Å². The first-order valence-electron chi connectivity index (χ1n) is 17.0. The molecule has 2 aliphatic heterocycles. The first-order chi connectivity index (χ1) is 22.8. The number of nitrogens with one attached hydrogen (secondary N) is 1. The monoisotopic (exact) mass is 657 g/mol. The molecule has 10 heteroatoms. The van der Waals surface area contributed by atoms with Crippen molar-refractivity contribution in [3.63, 3.8) is 0 Å².